The number of aryl methyl sites for hydroxylation is 2. The lowest BCUT2D eigenvalue weighted by Crippen LogP contribution is -2.10. The molecule has 0 aliphatic heterocycles. The number of aromatic nitrogens is 2. The third-order valence-corrected chi connectivity index (χ3v) is 4.64. The van der Waals surface area contributed by atoms with E-state index in [9.17, 15) is 0 Å². The SMILES string of the molecule is Cc1cncc(CCC(c2ccncc2)C(C)C)c1CC(C)C. The molecule has 1 unspecified atom stereocenters. The molecule has 0 N–H and O–H groups in total. The highest BCUT2D eigenvalue weighted by molar-refractivity contribution is 5.32. The van der Waals surface area contributed by atoms with E-state index in [-0.39, 0.29) is 0 Å². The lowest BCUT2D eigenvalue weighted by Gasteiger charge is -2.22. The first-order valence-corrected chi connectivity index (χ1v) is 8.81. The summed E-state index contributed by atoms with van der Waals surface area (Å²) in [6, 6.07) is 4.32. The van der Waals surface area contributed by atoms with Crippen LogP contribution in [-0.2, 0) is 12.8 Å². The number of rotatable bonds is 7. The molecule has 0 saturated heterocycles. The lowest BCUT2D eigenvalue weighted by molar-refractivity contribution is 0.466. The summed E-state index contributed by atoms with van der Waals surface area (Å²) in [5.74, 6) is 1.88. The van der Waals surface area contributed by atoms with Crippen LogP contribution >= 0.6 is 0 Å². The zero-order valence-electron chi connectivity index (χ0n) is 15.2. The Bertz CT molecular complexity index is 602. The lowest BCUT2D eigenvalue weighted by atomic mass is 9.83. The second-order valence-electron chi connectivity index (χ2n) is 7.36. The average molecular weight is 310 g/mol. The van der Waals surface area contributed by atoms with Crippen LogP contribution < -0.4 is 0 Å². The second-order valence-corrected chi connectivity index (χ2v) is 7.36. The van der Waals surface area contributed by atoms with Crippen molar-refractivity contribution in [2.45, 2.75) is 59.8 Å². The molecule has 1 atom stereocenters. The van der Waals surface area contributed by atoms with Crippen LogP contribution in [0.5, 0.6) is 0 Å². The fraction of sp³-hybridized carbons (Fsp3) is 0.524. The molecule has 0 aliphatic carbocycles. The summed E-state index contributed by atoms with van der Waals surface area (Å²) in [4.78, 5) is 8.59. The van der Waals surface area contributed by atoms with Gasteiger partial charge >= 0.3 is 0 Å². The topological polar surface area (TPSA) is 25.8 Å². The predicted molar refractivity (Wildman–Crippen MR) is 97.7 cm³/mol. The molecule has 0 spiro atoms. The van der Waals surface area contributed by atoms with Crippen LogP contribution in [0.3, 0.4) is 0 Å². The Hall–Kier alpha value is -1.70. The maximum absolute atomic E-state index is 4.44. The van der Waals surface area contributed by atoms with Crippen LogP contribution in [0.15, 0.2) is 36.9 Å². The van der Waals surface area contributed by atoms with Gasteiger partial charge in [-0.3, -0.25) is 9.97 Å². The molecule has 0 aliphatic rings. The molecule has 2 rings (SSSR count). The van der Waals surface area contributed by atoms with Crippen molar-refractivity contribution < 1.29 is 0 Å². The first-order chi connectivity index (χ1) is 11.0. The smallest absolute Gasteiger partial charge is 0.0302 e. The zero-order valence-corrected chi connectivity index (χ0v) is 15.2. The summed E-state index contributed by atoms with van der Waals surface area (Å²) in [6.07, 6.45) is 11.3. The Kier molecular flexibility index (Phi) is 6.32. The minimum Gasteiger partial charge on any atom is -0.265 e. The molecule has 2 aromatic heterocycles. The summed E-state index contributed by atoms with van der Waals surface area (Å²) in [7, 11) is 0. The summed E-state index contributed by atoms with van der Waals surface area (Å²) < 4.78 is 0. The quantitative estimate of drug-likeness (QED) is 0.688. The highest BCUT2D eigenvalue weighted by atomic mass is 14.6. The van der Waals surface area contributed by atoms with Crippen molar-refractivity contribution in [1.82, 2.24) is 9.97 Å². The van der Waals surface area contributed by atoms with Gasteiger partial charge in [0, 0.05) is 24.8 Å². The molecule has 124 valence electrons. The molecule has 0 amide bonds. The van der Waals surface area contributed by atoms with E-state index >= 15 is 0 Å². The predicted octanol–water partition coefficient (Wildman–Crippen LogP) is 5.36. The molecule has 23 heavy (non-hydrogen) atoms. The first-order valence-electron chi connectivity index (χ1n) is 8.81. The molecule has 2 heteroatoms. The maximum Gasteiger partial charge on any atom is 0.0302 e. The zero-order chi connectivity index (χ0) is 16.8. The Labute approximate surface area is 141 Å². The van der Waals surface area contributed by atoms with Gasteiger partial charge in [-0.1, -0.05) is 27.7 Å². The van der Waals surface area contributed by atoms with Gasteiger partial charge in [-0.25, -0.2) is 0 Å². The fourth-order valence-electron chi connectivity index (χ4n) is 3.37. The molecule has 0 aromatic carbocycles. The molecule has 2 nitrogen and oxygen atoms in total. The van der Waals surface area contributed by atoms with Gasteiger partial charge in [-0.2, -0.15) is 0 Å². The van der Waals surface area contributed by atoms with Gasteiger partial charge in [-0.05, 0) is 78.3 Å². The minimum atomic E-state index is 0.574. The molecule has 0 bridgehead atoms. The van der Waals surface area contributed by atoms with Crippen molar-refractivity contribution in [2.75, 3.05) is 0 Å². The van der Waals surface area contributed by atoms with Crippen LogP contribution in [-0.4, -0.2) is 9.97 Å². The van der Waals surface area contributed by atoms with Gasteiger partial charge in [-0.15, -0.1) is 0 Å². The first kappa shape index (κ1) is 17.7. The van der Waals surface area contributed by atoms with Crippen molar-refractivity contribution in [3.05, 3.63) is 59.2 Å². The molecule has 0 fully saturated rings. The van der Waals surface area contributed by atoms with Crippen molar-refractivity contribution in [3.63, 3.8) is 0 Å². The Balaban J connectivity index is 2.17. The highest BCUT2D eigenvalue weighted by Crippen LogP contribution is 2.30. The van der Waals surface area contributed by atoms with E-state index in [0.717, 1.165) is 19.3 Å². The Morgan fingerprint density at radius 3 is 2.26 bits per heavy atom. The third-order valence-electron chi connectivity index (χ3n) is 4.64. The maximum atomic E-state index is 4.44. The number of hydrogen-bond donors (Lipinski definition) is 0. The van der Waals surface area contributed by atoms with Crippen LogP contribution in [0.1, 0.15) is 62.3 Å². The van der Waals surface area contributed by atoms with E-state index in [1.807, 2.05) is 18.6 Å². The van der Waals surface area contributed by atoms with E-state index in [2.05, 4.69) is 62.9 Å². The van der Waals surface area contributed by atoms with Crippen molar-refractivity contribution in [1.29, 1.82) is 0 Å². The van der Waals surface area contributed by atoms with Gasteiger partial charge in [0.25, 0.3) is 0 Å². The highest BCUT2D eigenvalue weighted by Gasteiger charge is 2.17. The Morgan fingerprint density at radius 2 is 1.65 bits per heavy atom. The average Bonchev–Trinajstić information content (AvgIpc) is 2.51. The number of pyridine rings is 2. The van der Waals surface area contributed by atoms with Gasteiger partial charge < -0.3 is 0 Å². The summed E-state index contributed by atoms with van der Waals surface area (Å²) in [5.41, 5.74) is 5.67. The minimum absolute atomic E-state index is 0.574. The fourth-order valence-corrected chi connectivity index (χ4v) is 3.37. The normalized spacial score (nSPS) is 12.8. The van der Waals surface area contributed by atoms with Crippen LogP contribution in [0, 0.1) is 18.8 Å². The third kappa shape index (κ3) is 4.89. The molecule has 0 saturated carbocycles. The largest absolute Gasteiger partial charge is 0.265 e. The van der Waals surface area contributed by atoms with Crippen molar-refractivity contribution >= 4 is 0 Å². The standard InChI is InChI=1S/C21H30N2/c1-15(2)12-21-17(5)13-23-14-19(21)6-7-20(16(3)4)18-8-10-22-11-9-18/h8-11,13-16,20H,6-7,12H2,1-5H3. The summed E-state index contributed by atoms with van der Waals surface area (Å²) in [5, 5.41) is 0. The molecular formula is C21H30N2. The van der Waals surface area contributed by atoms with Gasteiger partial charge in [0.1, 0.15) is 0 Å². The van der Waals surface area contributed by atoms with Crippen LogP contribution in [0.25, 0.3) is 0 Å². The number of nitrogens with zero attached hydrogens (tertiary/aromatic N) is 2. The number of hydrogen-bond acceptors (Lipinski definition) is 2. The molecular weight excluding hydrogens is 280 g/mol. The van der Waals surface area contributed by atoms with E-state index in [1.54, 1.807) is 0 Å². The van der Waals surface area contributed by atoms with E-state index in [4.69, 9.17) is 0 Å². The summed E-state index contributed by atoms with van der Waals surface area (Å²) in [6.45, 7) is 11.4. The summed E-state index contributed by atoms with van der Waals surface area (Å²) >= 11 is 0. The van der Waals surface area contributed by atoms with E-state index in [0.29, 0.717) is 17.8 Å². The molecule has 2 aromatic rings. The van der Waals surface area contributed by atoms with Gasteiger partial charge in [0.2, 0.25) is 0 Å². The monoisotopic (exact) mass is 310 g/mol. The van der Waals surface area contributed by atoms with Crippen molar-refractivity contribution in [3.8, 4) is 0 Å². The van der Waals surface area contributed by atoms with Crippen LogP contribution in [0.4, 0.5) is 0 Å². The van der Waals surface area contributed by atoms with E-state index < -0.39 is 0 Å². The van der Waals surface area contributed by atoms with Crippen LogP contribution in [0.2, 0.25) is 0 Å². The molecule has 0 radical (unpaired) electrons. The van der Waals surface area contributed by atoms with Crippen molar-refractivity contribution in [2.24, 2.45) is 11.8 Å². The van der Waals surface area contributed by atoms with E-state index in [1.165, 1.54) is 22.3 Å². The van der Waals surface area contributed by atoms with Gasteiger partial charge in [0.15, 0.2) is 0 Å². The molecule has 2 heterocycles. The Morgan fingerprint density at radius 1 is 0.957 bits per heavy atom. The second kappa shape index (κ2) is 8.24. The van der Waals surface area contributed by atoms with Gasteiger partial charge in [0.05, 0.1) is 0 Å².